The molecule has 0 radical (unpaired) electrons. The van der Waals surface area contributed by atoms with E-state index in [1.54, 1.807) is 53.3 Å². The van der Waals surface area contributed by atoms with Crippen LogP contribution in [0.25, 0.3) is 5.52 Å². The molecule has 40 heavy (non-hydrogen) atoms. The second-order valence-electron chi connectivity index (χ2n) is 9.48. The maximum Gasteiger partial charge on any atom is 0.255 e. The van der Waals surface area contributed by atoms with Gasteiger partial charge in [-0.1, -0.05) is 36.4 Å². The van der Waals surface area contributed by atoms with Crippen LogP contribution in [0.1, 0.15) is 55.9 Å². The van der Waals surface area contributed by atoms with E-state index in [0.29, 0.717) is 34.0 Å². The minimum absolute atomic E-state index is 0.149. The minimum atomic E-state index is -0.287. The van der Waals surface area contributed by atoms with Gasteiger partial charge < -0.3 is 16.0 Å². The lowest BCUT2D eigenvalue weighted by Crippen LogP contribution is -2.26. The Kier molecular flexibility index (Phi) is 7.25. The molecule has 0 spiro atoms. The number of benzene rings is 3. The van der Waals surface area contributed by atoms with Crippen LogP contribution >= 0.6 is 0 Å². The SMILES string of the molecule is Cc1ccc(C(=O)Nc2ccc(C#N)cc2)cc1Nc1ncc2c(C)c(C(=O)N[C@@H](C)c3ccccc3)cn2n1. The number of hydrogen-bond donors (Lipinski definition) is 3. The van der Waals surface area contributed by atoms with E-state index in [9.17, 15) is 9.59 Å². The lowest BCUT2D eigenvalue weighted by molar-refractivity contribution is 0.0938. The zero-order chi connectivity index (χ0) is 28.2. The van der Waals surface area contributed by atoms with Crippen LogP contribution in [0.2, 0.25) is 0 Å². The summed E-state index contributed by atoms with van der Waals surface area (Å²) in [4.78, 5) is 30.4. The number of nitrogens with zero attached hydrogens (tertiary/aromatic N) is 4. The van der Waals surface area contributed by atoms with E-state index in [-0.39, 0.29) is 17.9 Å². The lowest BCUT2D eigenvalue weighted by Gasteiger charge is -2.14. The van der Waals surface area contributed by atoms with Gasteiger partial charge in [0.15, 0.2) is 0 Å². The monoisotopic (exact) mass is 529 g/mol. The second kappa shape index (κ2) is 11.1. The Morgan fingerprint density at radius 2 is 1.73 bits per heavy atom. The van der Waals surface area contributed by atoms with Crippen molar-refractivity contribution in [1.29, 1.82) is 5.26 Å². The molecule has 5 aromatic rings. The largest absolute Gasteiger partial charge is 0.345 e. The Morgan fingerprint density at radius 3 is 2.45 bits per heavy atom. The summed E-state index contributed by atoms with van der Waals surface area (Å²) in [6, 6.07) is 23.7. The zero-order valence-corrected chi connectivity index (χ0v) is 22.3. The molecule has 0 fully saturated rings. The van der Waals surface area contributed by atoms with E-state index in [1.165, 1.54) is 0 Å². The molecule has 0 unspecified atom stereocenters. The maximum atomic E-state index is 13.1. The summed E-state index contributed by atoms with van der Waals surface area (Å²) in [7, 11) is 0. The molecule has 0 saturated carbocycles. The van der Waals surface area contributed by atoms with E-state index in [4.69, 9.17) is 5.26 Å². The fourth-order valence-electron chi connectivity index (χ4n) is 4.32. The van der Waals surface area contributed by atoms with Gasteiger partial charge in [0.2, 0.25) is 5.95 Å². The Hall–Kier alpha value is -5.49. The van der Waals surface area contributed by atoms with Gasteiger partial charge in [0, 0.05) is 23.1 Å². The van der Waals surface area contributed by atoms with Crippen molar-refractivity contribution in [3.63, 3.8) is 0 Å². The smallest absolute Gasteiger partial charge is 0.255 e. The standard InChI is InChI=1S/C31H27N7O2/c1-19-9-12-24(29(39)35-25-13-10-22(16-32)11-14-25)15-27(19)36-31-33-17-28-20(2)26(18-38(28)37-31)30(40)34-21(3)23-7-5-4-6-8-23/h4-15,17-18,21H,1-3H3,(H,34,40)(H,35,39)(H,36,37)/t21-/m0/s1. The van der Waals surface area contributed by atoms with E-state index >= 15 is 0 Å². The van der Waals surface area contributed by atoms with Crippen LogP contribution in [0.4, 0.5) is 17.3 Å². The third-order valence-corrected chi connectivity index (χ3v) is 6.71. The predicted octanol–water partition coefficient (Wildman–Crippen LogP) is 5.70. The van der Waals surface area contributed by atoms with Gasteiger partial charge in [-0.05, 0) is 73.9 Å². The first-order chi connectivity index (χ1) is 19.3. The number of aromatic nitrogens is 3. The molecule has 3 N–H and O–H groups in total. The summed E-state index contributed by atoms with van der Waals surface area (Å²) in [5.74, 6) is -0.156. The number of aryl methyl sites for hydroxylation is 2. The van der Waals surface area contributed by atoms with Crippen LogP contribution in [0.15, 0.2) is 85.2 Å². The van der Waals surface area contributed by atoms with Gasteiger partial charge in [0.25, 0.3) is 11.8 Å². The van der Waals surface area contributed by atoms with Crippen LogP contribution < -0.4 is 16.0 Å². The summed E-state index contributed by atoms with van der Waals surface area (Å²) < 4.78 is 1.63. The molecule has 0 aliphatic rings. The van der Waals surface area contributed by atoms with Crippen molar-refractivity contribution in [3.8, 4) is 6.07 Å². The number of rotatable bonds is 7. The van der Waals surface area contributed by atoms with Crippen molar-refractivity contribution in [3.05, 3.63) is 119 Å². The summed E-state index contributed by atoms with van der Waals surface area (Å²) in [6.45, 7) is 5.73. The minimum Gasteiger partial charge on any atom is -0.345 e. The number of nitriles is 1. The molecule has 3 aromatic carbocycles. The maximum absolute atomic E-state index is 13.1. The molecule has 198 valence electrons. The molecule has 2 heterocycles. The molecule has 5 rings (SSSR count). The van der Waals surface area contributed by atoms with E-state index in [0.717, 1.165) is 22.2 Å². The first kappa shape index (κ1) is 26.1. The van der Waals surface area contributed by atoms with Gasteiger partial charge in [-0.25, -0.2) is 9.50 Å². The topological polar surface area (TPSA) is 124 Å². The van der Waals surface area contributed by atoms with Crippen molar-refractivity contribution >= 4 is 34.7 Å². The highest BCUT2D eigenvalue weighted by Gasteiger charge is 2.18. The van der Waals surface area contributed by atoms with Gasteiger partial charge >= 0.3 is 0 Å². The molecule has 0 bridgehead atoms. The highest BCUT2D eigenvalue weighted by atomic mass is 16.2. The third-order valence-electron chi connectivity index (χ3n) is 6.71. The predicted molar refractivity (Wildman–Crippen MR) is 154 cm³/mol. The highest BCUT2D eigenvalue weighted by Crippen LogP contribution is 2.23. The van der Waals surface area contributed by atoms with Gasteiger partial charge in [-0.15, -0.1) is 5.10 Å². The third kappa shape index (κ3) is 5.51. The van der Waals surface area contributed by atoms with Crippen LogP contribution in [-0.2, 0) is 0 Å². The first-order valence-corrected chi connectivity index (χ1v) is 12.7. The van der Waals surface area contributed by atoms with E-state index in [2.05, 4.69) is 32.1 Å². The normalized spacial score (nSPS) is 11.4. The summed E-state index contributed by atoms with van der Waals surface area (Å²) >= 11 is 0. The Morgan fingerprint density at radius 1 is 0.975 bits per heavy atom. The fraction of sp³-hybridized carbons (Fsp3) is 0.129. The molecule has 9 heteroatoms. The molecule has 0 aliphatic carbocycles. The van der Waals surface area contributed by atoms with Crippen molar-refractivity contribution in [2.24, 2.45) is 0 Å². The van der Waals surface area contributed by atoms with Crippen LogP contribution in [0.3, 0.4) is 0 Å². The van der Waals surface area contributed by atoms with Crippen molar-refractivity contribution < 1.29 is 9.59 Å². The molecule has 2 amide bonds. The Labute approximate surface area is 231 Å². The number of anilines is 3. The molecule has 2 aromatic heterocycles. The molecular formula is C31H27N7O2. The second-order valence-corrected chi connectivity index (χ2v) is 9.48. The number of carbonyl (C=O) groups is 2. The fourth-order valence-corrected chi connectivity index (χ4v) is 4.32. The number of hydrogen-bond acceptors (Lipinski definition) is 6. The number of amides is 2. The summed E-state index contributed by atoms with van der Waals surface area (Å²) in [6.07, 6.45) is 3.36. The van der Waals surface area contributed by atoms with Crippen LogP contribution in [-0.4, -0.2) is 26.4 Å². The van der Waals surface area contributed by atoms with E-state index in [1.807, 2.05) is 57.2 Å². The van der Waals surface area contributed by atoms with Gasteiger partial charge in [-0.3, -0.25) is 9.59 Å². The van der Waals surface area contributed by atoms with E-state index < -0.39 is 0 Å². The van der Waals surface area contributed by atoms with Crippen molar-refractivity contribution in [2.75, 3.05) is 10.6 Å². The highest BCUT2D eigenvalue weighted by molar-refractivity contribution is 6.05. The van der Waals surface area contributed by atoms with Crippen LogP contribution in [0.5, 0.6) is 0 Å². The van der Waals surface area contributed by atoms with Crippen molar-refractivity contribution in [2.45, 2.75) is 26.8 Å². The number of nitrogens with one attached hydrogen (secondary N) is 3. The average Bonchev–Trinajstić information content (AvgIpc) is 3.30. The Bertz CT molecular complexity index is 1750. The molecule has 9 nitrogen and oxygen atoms in total. The molecule has 0 aliphatic heterocycles. The molecule has 0 saturated heterocycles. The van der Waals surface area contributed by atoms with Gasteiger partial charge in [0.1, 0.15) is 0 Å². The zero-order valence-electron chi connectivity index (χ0n) is 22.3. The molecular weight excluding hydrogens is 502 g/mol. The number of carbonyl (C=O) groups excluding carboxylic acids is 2. The summed E-state index contributed by atoms with van der Waals surface area (Å²) in [5, 5.41) is 22.6. The van der Waals surface area contributed by atoms with Crippen LogP contribution in [0, 0.1) is 25.2 Å². The van der Waals surface area contributed by atoms with Gasteiger partial charge in [-0.2, -0.15) is 5.26 Å². The first-order valence-electron chi connectivity index (χ1n) is 12.7. The van der Waals surface area contributed by atoms with Gasteiger partial charge in [0.05, 0.1) is 35.0 Å². The Balaban J connectivity index is 1.33. The average molecular weight is 530 g/mol. The molecule has 1 atom stereocenters. The lowest BCUT2D eigenvalue weighted by atomic mass is 10.1. The number of fused-ring (bicyclic) bond motifs is 1. The summed E-state index contributed by atoms with van der Waals surface area (Å²) in [5.41, 5.74) is 6.17. The quantitative estimate of drug-likeness (QED) is 0.248. The van der Waals surface area contributed by atoms with Crippen molar-refractivity contribution in [1.82, 2.24) is 19.9 Å².